The molecule has 2 aromatic rings. The van der Waals surface area contributed by atoms with Crippen LogP contribution in [0.5, 0.6) is 11.5 Å². The molecule has 1 aliphatic heterocycles. The lowest BCUT2D eigenvalue weighted by atomic mass is 10.2. The molecule has 1 heterocycles. The summed E-state index contributed by atoms with van der Waals surface area (Å²) >= 11 is 0. The van der Waals surface area contributed by atoms with Crippen molar-refractivity contribution in [2.45, 2.75) is 24.7 Å². The number of rotatable bonds is 6. The van der Waals surface area contributed by atoms with Crippen LogP contribution in [0.2, 0.25) is 0 Å². The average Bonchev–Trinajstić information content (AvgIpc) is 3.07. The number of benzene rings is 2. The summed E-state index contributed by atoms with van der Waals surface area (Å²) in [6.45, 7) is 2.46. The summed E-state index contributed by atoms with van der Waals surface area (Å²) in [5.41, 5.74) is 1.79. The van der Waals surface area contributed by atoms with Gasteiger partial charge in [-0.1, -0.05) is 0 Å². The van der Waals surface area contributed by atoms with Gasteiger partial charge in [0.25, 0.3) is 10.0 Å². The highest BCUT2D eigenvalue weighted by molar-refractivity contribution is 7.92. The van der Waals surface area contributed by atoms with Crippen molar-refractivity contribution in [1.82, 2.24) is 0 Å². The Hall–Kier alpha value is -2.74. The smallest absolute Gasteiger partial charge is 0.262 e. The van der Waals surface area contributed by atoms with Gasteiger partial charge in [0.2, 0.25) is 5.91 Å². The molecule has 1 fully saturated rings. The van der Waals surface area contributed by atoms with Crippen molar-refractivity contribution in [1.29, 1.82) is 0 Å². The topological polar surface area (TPSA) is 84.9 Å². The van der Waals surface area contributed by atoms with E-state index in [4.69, 9.17) is 9.47 Å². The lowest BCUT2D eigenvalue weighted by Gasteiger charge is -2.19. The number of sulfonamides is 1. The van der Waals surface area contributed by atoms with Crippen LogP contribution in [0.4, 0.5) is 11.4 Å². The number of hydrogen-bond donors (Lipinski definition) is 1. The molecule has 0 bridgehead atoms. The van der Waals surface area contributed by atoms with E-state index in [0.29, 0.717) is 30.2 Å². The van der Waals surface area contributed by atoms with E-state index in [0.717, 1.165) is 17.7 Å². The molecule has 3 rings (SSSR count). The van der Waals surface area contributed by atoms with E-state index in [2.05, 4.69) is 4.72 Å². The van der Waals surface area contributed by atoms with Gasteiger partial charge in [0, 0.05) is 24.7 Å². The van der Waals surface area contributed by atoms with Gasteiger partial charge in [-0.15, -0.1) is 0 Å². The van der Waals surface area contributed by atoms with Crippen LogP contribution in [0.25, 0.3) is 0 Å². The fourth-order valence-electron chi connectivity index (χ4n) is 3.09. The summed E-state index contributed by atoms with van der Waals surface area (Å²) in [7, 11) is -0.837. The number of aryl methyl sites for hydroxylation is 1. The first kappa shape index (κ1) is 19.0. The molecule has 0 saturated carbocycles. The highest BCUT2D eigenvalue weighted by Crippen LogP contribution is 2.32. The van der Waals surface area contributed by atoms with E-state index in [9.17, 15) is 13.2 Å². The summed E-state index contributed by atoms with van der Waals surface area (Å²) in [4.78, 5) is 13.8. The molecule has 144 valence electrons. The molecule has 0 atom stereocenters. The Morgan fingerprint density at radius 2 is 1.85 bits per heavy atom. The van der Waals surface area contributed by atoms with Crippen LogP contribution in [-0.4, -0.2) is 35.1 Å². The quantitative estimate of drug-likeness (QED) is 0.820. The summed E-state index contributed by atoms with van der Waals surface area (Å²) in [6, 6.07) is 9.59. The molecule has 2 aromatic carbocycles. The Morgan fingerprint density at radius 1 is 1.07 bits per heavy atom. The predicted molar refractivity (Wildman–Crippen MR) is 103 cm³/mol. The number of methoxy groups -OCH3 is 2. The molecule has 1 aliphatic rings. The van der Waals surface area contributed by atoms with Gasteiger partial charge in [-0.2, -0.15) is 0 Å². The van der Waals surface area contributed by atoms with Gasteiger partial charge >= 0.3 is 0 Å². The zero-order chi connectivity index (χ0) is 19.6. The van der Waals surface area contributed by atoms with Gasteiger partial charge in [0.15, 0.2) is 0 Å². The van der Waals surface area contributed by atoms with E-state index >= 15 is 0 Å². The lowest BCUT2D eigenvalue weighted by Crippen LogP contribution is -2.24. The van der Waals surface area contributed by atoms with Crippen molar-refractivity contribution >= 4 is 27.3 Å². The SMILES string of the molecule is COc1ccc(NS(=O)(=O)c2ccc(N3CCCC3=O)c(C)c2)c(OC)c1. The van der Waals surface area contributed by atoms with E-state index in [1.165, 1.54) is 20.3 Å². The van der Waals surface area contributed by atoms with Crippen molar-refractivity contribution < 1.29 is 22.7 Å². The molecule has 0 spiro atoms. The van der Waals surface area contributed by atoms with Gasteiger partial charge in [-0.25, -0.2) is 8.42 Å². The van der Waals surface area contributed by atoms with Crippen LogP contribution < -0.4 is 19.1 Å². The molecular weight excluding hydrogens is 368 g/mol. The minimum absolute atomic E-state index is 0.0646. The van der Waals surface area contributed by atoms with Crippen LogP contribution in [0.3, 0.4) is 0 Å². The zero-order valence-electron chi connectivity index (χ0n) is 15.5. The average molecular weight is 390 g/mol. The molecule has 0 radical (unpaired) electrons. The molecule has 1 saturated heterocycles. The highest BCUT2D eigenvalue weighted by atomic mass is 32.2. The van der Waals surface area contributed by atoms with E-state index < -0.39 is 10.0 Å². The van der Waals surface area contributed by atoms with Crippen molar-refractivity contribution in [3.8, 4) is 11.5 Å². The Labute approximate surface area is 158 Å². The fraction of sp³-hybridized carbons (Fsp3) is 0.316. The number of nitrogens with one attached hydrogen (secondary N) is 1. The molecule has 0 aliphatic carbocycles. The number of anilines is 2. The van der Waals surface area contributed by atoms with Gasteiger partial charge < -0.3 is 14.4 Å². The molecule has 1 N–H and O–H groups in total. The summed E-state index contributed by atoms with van der Waals surface area (Å²) in [5.74, 6) is 0.981. The van der Waals surface area contributed by atoms with Gasteiger partial charge in [-0.05, 0) is 49.2 Å². The summed E-state index contributed by atoms with van der Waals surface area (Å²) in [5, 5.41) is 0. The van der Waals surface area contributed by atoms with Gasteiger partial charge in [0.1, 0.15) is 11.5 Å². The van der Waals surface area contributed by atoms with Crippen LogP contribution in [0.1, 0.15) is 18.4 Å². The maximum absolute atomic E-state index is 12.8. The minimum atomic E-state index is -3.82. The summed E-state index contributed by atoms with van der Waals surface area (Å²) < 4.78 is 38.5. The zero-order valence-corrected chi connectivity index (χ0v) is 16.3. The maximum atomic E-state index is 12.8. The maximum Gasteiger partial charge on any atom is 0.262 e. The largest absolute Gasteiger partial charge is 0.497 e. The third-order valence-corrected chi connectivity index (χ3v) is 5.86. The highest BCUT2D eigenvalue weighted by Gasteiger charge is 2.24. The second-order valence-corrected chi connectivity index (χ2v) is 7.95. The number of carbonyl (C=O) groups is 1. The molecule has 0 aromatic heterocycles. The Bertz CT molecular complexity index is 972. The third kappa shape index (κ3) is 3.85. The first-order valence-corrected chi connectivity index (χ1v) is 10.00. The van der Waals surface area contributed by atoms with E-state index in [-0.39, 0.29) is 10.8 Å². The minimum Gasteiger partial charge on any atom is -0.497 e. The van der Waals surface area contributed by atoms with Crippen molar-refractivity contribution in [2.75, 3.05) is 30.4 Å². The molecule has 1 amide bonds. The number of nitrogens with zero attached hydrogens (tertiary/aromatic N) is 1. The summed E-state index contributed by atoms with van der Waals surface area (Å²) in [6.07, 6.45) is 1.34. The number of ether oxygens (including phenoxy) is 2. The number of amides is 1. The fourth-order valence-corrected chi connectivity index (χ4v) is 4.24. The second kappa shape index (κ2) is 7.48. The normalized spacial score (nSPS) is 14.3. The molecule has 0 unspecified atom stereocenters. The lowest BCUT2D eigenvalue weighted by molar-refractivity contribution is -0.117. The molecule has 7 nitrogen and oxygen atoms in total. The molecule has 8 heteroatoms. The Morgan fingerprint density at radius 3 is 2.44 bits per heavy atom. The number of carbonyl (C=O) groups excluding carboxylic acids is 1. The first-order valence-electron chi connectivity index (χ1n) is 8.51. The third-order valence-electron chi connectivity index (χ3n) is 4.50. The molecular formula is C19H22N2O5S. The monoisotopic (exact) mass is 390 g/mol. The Balaban J connectivity index is 1.89. The number of hydrogen-bond acceptors (Lipinski definition) is 5. The van der Waals surface area contributed by atoms with Gasteiger partial charge in [0.05, 0.1) is 24.8 Å². The van der Waals surface area contributed by atoms with Crippen LogP contribution in [0, 0.1) is 6.92 Å². The Kier molecular flexibility index (Phi) is 5.27. The van der Waals surface area contributed by atoms with Crippen LogP contribution >= 0.6 is 0 Å². The second-order valence-electron chi connectivity index (χ2n) is 6.27. The van der Waals surface area contributed by atoms with Gasteiger partial charge in [-0.3, -0.25) is 9.52 Å². The van der Waals surface area contributed by atoms with E-state index in [1.54, 1.807) is 42.2 Å². The van der Waals surface area contributed by atoms with Crippen LogP contribution in [0.15, 0.2) is 41.3 Å². The van der Waals surface area contributed by atoms with Crippen LogP contribution in [-0.2, 0) is 14.8 Å². The standard InChI is InChI=1S/C19H22N2O5S/c1-13-11-15(7-9-17(13)21-10-4-5-19(21)22)27(23,24)20-16-8-6-14(25-2)12-18(16)26-3/h6-9,11-12,20H,4-5,10H2,1-3H3. The van der Waals surface area contributed by atoms with Crippen molar-refractivity contribution in [3.63, 3.8) is 0 Å². The predicted octanol–water partition coefficient (Wildman–Crippen LogP) is 2.94. The first-order chi connectivity index (χ1) is 12.9. The van der Waals surface area contributed by atoms with Crippen molar-refractivity contribution in [3.05, 3.63) is 42.0 Å². The molecule has 27 heavy (non-hydrogen) atoms. The van der Waals surface area contributed by atoms with E-state index in [1.807, 2.05) is 0 Å². The van der Waals surface area contributed by atoms with Crippen molar-refractivity contribution in [2.24, 2.45) is 0 Å².